The highest BCUT2D eigenvalue weighted by atomic mass is 32.2. The van der Waals surface area contributed by atoms with Crippen molar-refractivity contribution in [2.24, 2.45) is 0 Å². The first-order chi connectivity index (χ1) is 16.6. The van der Waals surface area contributed by atoms with E-state index in [1.165, 1.54) is 18.9 Å². The van der Waals surface area contributed by atoms with Crippen LogP contribution in [0, 0.1) is 0 Å². The minimum atomic E-state index is -0.145. The summed E-state index contributed by atoms with van der Waals surface area (Å²) >= 11 is 1.40. The van der Waals surface area contributed by atoms with Crippen LogP contribution in [0.5, 0.6) is 5.88 Å². The number of rotatable bonds is 6. The van der Waals surface area contributed by atoms with Crippen LogP contribution in [0.25, 0.3) is 11.0 Å². The number of para-hydroxylation sites is 1. The smallest absolute Gasteiger partial charge is 0.253 e. The summed E-state index contributed by atoms with van der Waals surface area (Å²) in [5.41, 5.74) is 2.49. The molecule has 1 fully saturated rings. The van der Waals surface area contributed by atoms with Crippen LogP contribution in [-0.2, 0) is 11.3 Å². The summed E-state index contributed by atoms with van der Waals surface area (Å²) < 4.78 is 5.17. The van der Waals surface area contributed by atoms with E-state index >= 15 is 0 Å². The highest BCUT2D eigenvalue weighted by Gasteiger charge is 2.24. The van der Waals surface area contributed by atoms with E-state index in [2.05, 4.69) is 35.9 Å². The van der Waals surface area contributed by atoms with Crippen LogP contribution in [0.1, 0.15) is 41.7 Å². The van der Waals surface area contributed by atoms with Crippen molar-refractivity contribution in [3.05, 3.63) is 41.9 Å². The van der Waals surface area contributed by atoms with Crippen LogP contribution in [-0.4, -0.2) is 56.7 Å². The minimum Gasteiger partial charge on any atom is -0.480 e. The summed E-state index contributed by atoms with van der Waals surface area (Å²) in [6, 6.07) is 5.85. The molecule has 3 aromatic rings. The van der Waals surface area contributed by atoms with Gasteiger partial charge >= 0.3 is 0 Å². The van der Waals surface area contributed by atoms with Crippen molar-refractivity contribution in [3.8, 4) is 5.88 Å². The molecule has 3 heterocycles. The first kappa shape index (κ1) is 22.5. The largest absolute Gasteiger partial charge is 0.480 e. The van der Waals surface area contributed by atoms with Crippen LogP contribution < -0.4 is 20.7 Å². The normalized spacial score (nSPS) is 19.9. The van der Waals surface area contributed by atoms with Gasteiger partial charge in [-0.2, -0.15) is 0 Å². The maximum atomic E-state index is 13.0. The maximum Gasteiger partial charge on any atom is 0.253 e. The van der Waals surface area contributed by atoms with Gasteiger partial charge in [0.2, 0.25) is 11.8 Å². The molecule has 10 nitrogen and oxygen atoms in total. The van der Waals surface area contributed by atoms with Gasteiger partial charge in [0, 0.05) is 18.6 Å². The van der Waals surface area contributed by atoms with E-state index in [4.69, 9.17) is 4.74 Å². The quantitative estimate of drug-likeness (QED) is 0.487. The van der Waals surface area contributed by atoms with Crippen LogP contribution >= 0.6 is 11.8 Å². The van der Waals surface area contributed by atoms with Crippen molar-refractivity contribution in [3.63, 3.8) is 0 Å². The zero-order chi connectivity index (χ0) is 23.5. The number of carbonyl (C=O) groups excluding carboxylic acids is 2. The number of carbonyl (C=O) groups is 2. The molecule has 2 amide bonds. The second-order valence-corrected chi connectivity index (χ2v) is 9.30. The first-order valence-electron chi connectivity index (χ1n) is 11.2. The Morgan fingerprint density at radius 1 is 1.15 bits per heavy atom. The SMILES string of the molecule is COc1cnc2cccc(C(=O)NC3CCC(NCc4cnc5c(n4)NC(=O)CS5)CC3)c2n1. The zero-order valence-corrected chi connectivity index (χ0v) is 19.5. The molecular formula is C23H25N7O3S. The van der Waals surface area contributed by atoms with Crippen LogP contribution in [0.15, 0.2) is 35.6 Å². The minimum absolute atomic E-state index is 0.0491. The molecule has 0 bridgehead atoms. The van der Waals surface area contributed by atoms with Gasteiger partial charge in [-0.05, 0) is 37.8 Å². The predicted molar refractivity (Wildman–Crippen MR) is 128 cm³/mol. The average Bonchev–Trinajstić information content (AvgIpc) is 2.87. The van der Waals surface area contributed by atoms with Crippen molar-refractivity contribution in [2.75, 3.05) is 18.2 Å². The Bertz CT molecular complexity index is 1230. The molecule has 0 unspecified atom stereocenters. The lowest BCUT2D eigenvalue weighted by Crippen LogP contribution is -2.42. The number of aromatic nitrogens is 4. The molecule has 176 valence electrons. The number of nitrogens with zero attached hydrogens (tertiary/aromatic N) is 4. The molecule has 1 aliphatic heterocycles. The molecule has 1 saturated carbocycles. The van der Waals surface area contributed by atoms with Crippen LogP contribution in [0.4, 0.5) is 5.82 Å². The maximum absolute atomic E-state index is 13.0. The molecule has 0 radical (unpaired) electrons. The lowest BCUT2D eigenvalue weighted by atomic mass is 9.91. The molecule has 0 spiro atoms. The second-order valence-electron chi connectivity index (χ2n) is 8.34. The monoisotopic (exact) mass is 479 g/mol. The van der Waals surface area contributed by atoms with Crippen molar-refractivity contribution >= 4 is 40.4 Å². The Morgan fingerprint density at radius 3 is 2.79 bits per heavy atom. The molecule has 0 atom stereocenters. The summed E-state index contributed by atoms with van der Waals surface area (Å²) in [5.74, 6) is 1.11. The third-order valence-electron chi connectivity index (χ3n) is 6.03. The molecule has 2 aliphatic rings. The highest BCUT2D eigenvalue weighted by molar-refractivity contribution is 8.00. The fourth-order valence-corrected chi connectivity index (χ4v) is 4.94. The lowest BCUT2D eigenvalue weighted by molar-refractivity contribution is -0.113. The summed E-state index contributed by atoms with van der Waals surface area (Å²) in [7, 11) is 1.53. The highest BCUT2D eigenvalue weighted by Crippen LogP contribution is 2.27. The number of methoxy groups -OCH3 is 1. The Kier molecular flexibility index (Phi) is 6.54. The third kappa shape index (κ3) is 4.95. The van der Waals surface area contributed by atoms with Gasteiger partial charge in [0.05, 0.1) is 42.0 Å². The third-order valence-corrected chi connectivity index (χ3v) is 7.00. The van der Waals surface area contributed by atoms with Crippen LogP contribution in [0.3, 0.4) is 0 Å². The number of anilines is 1. The van der Waals surface area contributed by atoms with E-state index in [9.17, 15) is 9.59 Å². The van der Waals surface area contributed by atoms with Gasteiger partial charge in [-0.1, -0.05) is 17.8 Å². The fraction of sp³-hybridized carbons (Fsp3) is 0.391. The van der Waals surface area contributed by atoms with Gasteiger partial charge in [-0.3, -0.25) is 9.59 Å². The second kappa shape index (κ2) is 9.90. The number of nitrogens with one attached hydrogen (secondary N) is 3. The van der Waals surface area contributed by atoms with Crippen molar-refractivity contribution in [2.45, 2.75) is 49.3 Å². The summed E-state index contributed by atoms with van der Waals surface area (Å²) in [5, 5.41) is 10.2. The lowest BCUT2D eigenvalue weighted by Gasteiger charge is -2.30. The van der Waals surface area contributed by atoms with Gasteiger partial charge in [0.25, 0.3) is 5.91 Å². The summed E-state index contributed by atoms with van der Waals surface area (Å²) in [6.45, 7) is 0.582. The summed E-state index contributed by atoms with van der Waals surface area (Å²) in [4.78, 5) is 42.2. The molecular weight excluding hydrogens is 454 g/mol. The van der Waals surface area contributed by atoms with Gasteiger partial charge in [0.1, 0.15) is 10.5 Å². The standard InChI is InChI=1S/C23H25N7O3S/c1-33-19-11-25-17-4-2-3-16(20(17)30-19)22(32)28-14-7-5-13(6-8-14)24-9-15-10-26-23-21(27-15)29-18(31)12-34-23/h2-4,10-11,13-14,24H,5-9,12H2,1H3,(H,28,32)(H,27,29,31). The molecule has 34 heavy (non-hydrogen) atoms. The van der Waals surface area contributed by atoms with E-state index < -0.39 is 0 Å². The van der Waals surface area contributed by atoms with E-state index in [0.717, 1.165) is 36.4 Å². The topological polar surface area (TPSA) is 131 Å². The van der Waals surface area contributed by atoms with Gasteiger partial charge in [-0.25, -0.2) is 19.9 Å². The van der Waals surface area contributed by atoms with E-state index in [1.807, 2.05) is 12.1 Å². The van der Waals surface area contributed by atoms with Gasteiger partial charge in [0.15, 0.2) is 5.82 Å². The van der Waals surface area contributed by atoms with E-state index in [0.29, 0.717) is 46.6 Å². The average molecular weight is 480 g/mol. The number of thioether (sulfide) groups is 1. The number of hydrogen-bond donors (Lipinski definition) is 3. The van der Waals surface area contributed by atoms with Crippen LogP contribution in [0.2, 0.25) is 0 Å². The Morgan fingerprint density at radius 2 is 1.97 bits per heavy atom. The molecule has 1 aliphatic carbocycles. The molecule has 5 rings (SSSR count). The molecule has 0 saturated heterocycles. The number of hydrogen-bond acceptors (Lipinski definition) is 9. The van der Waals surface area contributed by atoms with Crippen molar-refractivity contribution < 1.29 is 14.3 Å². The molecule has 11 heteroatoms. The molecule has 3 N–H and O–H groups in total. The van der Waals surface area contributed by atoms with Gasteiger partial charge < -0.3 is 20.7 Å². The van der Waals surface area contributed by atoms with E-state index in [1.54, 1.807) is 18.5 Å². The number of fused-ring (bicyclic) bond motifs is 2. The molecule has 2 aromatic heterocycles. The van der Waals surface area contributed by atoms with E-state index in [-0.39, 0.29) is 17.9 Å². The van der Waals surface area contributed by atoms with Crippen molar-refractivity contribution in [1.82, 2.24) is 30.6 Å². The molecule has 1 aromatic carbocycles. The summed E-state index contributed by atoms with van der Waals surface area (Å²) in [6.07, 6.45) is 6.95. The van der Waals surface area contributed by atoms with Crippen molar-refractivity contribution in [1.29, 1.82) is 0 Å². The Hall–Kier alpha value is -3.31. The number of benzene rings is 1. The van der Waals surface area contributed by atoms with Gasteiger partial charge in [-0.15, -0.1) is 0 Å². The first-order valence-corrected chi connectivity index (χ1v) is 12.2. The Balaban J connectivity index is 1.14. The zero-order valence-electron chi connectivity index (χ0n) is 18.7. The number of ether oxygens (including phenoxy) is 1. The Labute approximate surface area is 200 Å². The predicted octanol–water partition coefficient (Wildman–Crippen LogP) is 2.30. The fourth-order valence-electron chi connectivity index (χ4n) is 4.24. The number of amides is 2.